The van der Waals surface area contributed by atoms with Crippen LogP contribution in [0.3, 0.4) is 0 Å². The molecule has 86 valence electrons. The Kier molecular flexibility index (Phi) is 3.54. The van der Waals surface area contributed by atoms with Crippen LogP contribution in [0.4, 0.5) is 17.1 Å². The van der Waals surface area contributed by atoms with Crippen LogP contribution in [0.1, 0.15) is 0 Å². The summed E-state index contributed by atoms with van der Waals surface area (Å²) >= 11 is 0. The van der Waals surface area contributed by atoms with Gasteiger partial charge in [-0.3, -0.25) is 31.2 Å². The Morgan fingerprint density at radius 2 is 1.12 bits per heavy atom. The van der Waals surface area contributed by atoms with E-state index in [-0.39, 0.29) is 10.9 Å². The molecule has 0 aliphatic carbocycles. The van der Waals surface area contributed by atoms with Gasteiger partial charge in [0.1, 0.15) is 7.85 Å². The molecule has 0 atom stereocenters. The predicted octanol–water partition coefficient (Wildman–Crippen LogP) is -0.765. The van der Waals surface area contributed by atoms with Crippen LogP contribution in [0, 0.1) is 0 Å². The minimum Gasteiger partial charge on any atom is -0.264 e. The van der Waals surface area contributed by atoms with Gasteiger partial charge >= 0.3 is 0 Å². The zero-order chi connectivity index (χ0) is 12.5. The van der Waals surface area contributed by atoms with E-state index in [1.165, 1.54) is 0 Å². The van der Waals surface area contributed by atoms with E-state index in [0.717, 1.165) is 12.1 Å². The van der Waals surface area contributed by atoms with Crippen molar-refractivity contribution in [3.8, 4) is 0 Å². The van der Waals surface area contributed by atoms with Crippen LogP contribution in [0.25, 0.3) is 0 Å². The van der Waals surface area contributed by atoms with Crippen molar-refractivity contribution in [2.45, 2.75) is 0 Å². The molecule has 0 fully saturated rings. The lowest BCUT2D eigenvalue weighted by Gasteiger charge is -2.20. The first-order valence-corrected chi connectivity index (χ1v) is 3.81. The summed E-state index contributed by atoms with van der Waals surface area (Å²) in [6.07, 6.45) is 0. The maximum atomic E-state index is 8.76. The van der Waals surface area contributed by atoms with Gasteiger partial charge in [0.15, 0.2) is 0 Å². The number of benzene rings is 1. The van der Waals surface area contributed by atoms with Gasteiger partial charge in [0, 0.05) is 0 Å². The third kappa shape index (κ3) is 2.33. The van der Waals surface area contributed by atoms with E-state index in [0.29, 0.717) is 0 Å². The third-order valence-electron chi connectivity index (χ3n) is 1.78. The quantitative estimate of drug-likeness (QED) is 0.292. The number of anilines is 3. The summed E-state index contributed by atoms with van der Waals surface area (Å²) in [4.78, 5) is 0. The van der Waals surface area contributed by atoms with Crippen LogP contribution >= 0.6 is 0 Å². The molecule has 0 unspecified atom stereocenters. The highest BCUT2D eigenvalue weighted by molar-refractivity contribution is 6.39. The molecule has 1 aromatic carbocycles. The van der Waals surface area contributed by atoms with Crippen LogP contribution in [-0.4, -0.2) is 39.1 Å². The molecule has 9 nitrogen and oxygen atoms in total. The van der Waals surface area contributed by atoms with Crippen molar-refractivity contribution in [2.24, 2.45) is 0 Å². The Morgan fingerprint density at radius 3 is 1.38 bits per heavy atom. The second-order valence-electron chi connectivity index (χ2n) is 2.77. The highest BCUT2D eigenvalue weighted by Crippen LogP contribution is 2.24. The summed E-state index contributed by atoms with van der Waals surface area (Å²) in [7, 11) is 5.35. The Hall–Kier alpha value is -1.56. The summed E-state index contributed by atoms with van der Waals surface area (Å²) in [5, 5.41) is 51.3. The summed E-state index contributed by atoms with van der Waals surface area (Å²) in [5.74, 6) is 0. The van der Waals surface area contributed by atoms with E-state index in [1.807, 2.05) is 0 Å². The van der Waals surface area contributed by atoms with E-state index in [1.54, 1.807) is 0 Å². The van der Waals surface area contributed by atoms with E-state index in [9.17, 15) is 0 Å². The number of hydrogen-bond donors (Lipinski definition) is 6. The first-order valence-electron chi connectivity index (χ1n) is 3.81. The maximum absolute atomic E-state index is 8.76. The maximum Gasteiger partial charge on any atom is 0.120 e. The normalized spacial score (nSPS) is 10.1. The van der Waals surface area contributed by atoms with Gasteiger partial charge < -0.3 is 0 Å². The molecule has 1 rings (SSSR count). The lowest BCUT2D eigenvalue weighted by molar-refractivity contribution is 0.0238. The van der Waals surface area contributed by atoms with Crippen molar-refractivity contribution in [1.29, 1.82) is 0 Å². The lowest BCUT2D eigenvalue weighted by Crippen LogP contribution is -2.28. The van der Waals surface area contributed by atoms with Gasteiger partial charge in [0.25, 0.3) is 0 Å². The van der Waals surface area contributed by atoms with Gasteiger partial charge in [0.2, 0.25) is 0 Å². The fraction of sp³-hybridized carbons (Fsp3) is 0. The smallest absolute Gasteiger partial charge is 0.120 e. The highest BCUT2D eigenvalue weighted by atomic mass is 16.8. The summed E-state index contributed by atoms with van der Waals surface area (Å²) in [5.41, 5.74) is -1.73. The average molecular weight is 229 g/mol. The Labute approximate surface area is 90.4 Å². The van der Waals surface area contributed by atoms with Gasteiger partial charge in [0.05, 0.1) is 17.1 Å². The van der Waals surface area contributed by atoms with Crippen molar-refractivity contribution in [3.05, 3.63) is 12.1 Å². The molecule has 0 aliphatic rings. The Morgan fingerprint density at radius 1 is 0.750 bits per heavy atom. The molecule has 0 saturated carbocycles. The molecule has 10 heteroatoms. The molecule has 0 heterocycles. The summed E-state index contributed by atoms with van der Waals surface area (Å²) in [6, 6.07) is 1.75. The van der Waals surface area contributed by atoms with Gasteiger partial charge in [-0.05, 0) is 17.6 Å². The average Bonchev–Trinajstić information content (AvgIpc) is 2.16. The fourth-order valence-corrected chi connectivity index (χ4v) is 1.05. The molecule has 0 aromatic heterocycles. The molecule has 6 N–H and O–H groups in total. The van der Waals surface area contributed by atoms with Crippen LogP contribution in [0.2, 0.25) is 0 Å². The lowest BCUT2D eigenvalue weighted by atomic mass is 9.91. The molecule has 0 bridgehead atoms. The molecule has 1 aromatic rings. The van der Waals surface area contributed by atoms with Gasteiger partial charge in [-0.15, -0.1) is 15.7 Å². The predicted molar refractivity (Wildman–Crippen MR) is 50.0 cm³/mol. The summed E-state index contributed by atoms with van der Waals surface area (Å²) in [6.45, 7) is 0. The SMILES string of the molecule is [B]c1c(N(O)O)cc(N(O)O)cc1N(O)O. The minimum atomic E-state index is -0.478. The minimum absolute atomic E-state index is 0.362. The zero-order valence-corrected chi connectivity index (χ0v) is 7.76. The standard InChI is InChI=1S/C6H8BN3O6/c7-6-4(9(13)14)1-3(8(11)12)2-5(6)10(15)16/h1-2,11-16H. The number of nitrogens with zero attached hydrogens (tertiary/aromatic N) is 3. The molecule has 2 radical (unpaired) electrons. The van der Waals surface area contributed by atoms with E-state index >= 15 is 0 Å². The zero-order valence-electron chi connectivity index (χ0n) is 7.76. The Balaban J connectivity index is 3.39. The van der Waals surface area contributed by atoms with Crippen LogP contribution in [0.5, 0.6) is 0 Å². The van der Waals surface area contributed by atoms with E-state index in [4.69, 9.17) is 39.1 Å². The molecular formula is C6H8BN3O6. The molecule has 0 aliphatic heterocycles. The largest absolute Gasteiger partial charge is 0.264 e. The van der Waals surface area contributed by atoms with Gasteiger partial charge in [-0.2, -0.15) is 0 Å². The van der Waals surface area contributed by atoms with Crippen molar-refractivity contribution < 1.29 is 31.2 Å². The van der Waals surface area contributed by atoms with Crippen LogP contribution in [-0.2, 0) is 0 Å². The van der Waals surface area contributed by atoms with Crippen LogP contribution < -0.4 is 21.1 Å². The second kappa shape index (κ2) is 4.53. The van der Waals surface area contributed by atoms with Crippen molar-refractivity contribution in [3.63, 3.8) is 0 Å². The van der Waals surface area contributed by atoms with Gasteiger partial charge in [-0.1, -0.05) is 0 Å². The van der Waals surface area contributed by atoms with Crippen molar-refractivity contribution >= 4 is 30.4 Å². The Bertz CT molecular complexity index is 356. The number of rotatable bonds is 3. The molecule has 0 spiro atoms. The fourth-order valence-electron chi connectivity index (χ4n) is 1.05. The molecule has 0 saturated heterocycles. The van der Waals surface area contributed by atoms with Crippen molar-refractivity contribution in [1.82, 2.24) is 0 Å². The third-order valence-corrected chi connectivity index (χ3v) is 1.78. The van der Waals surface area contributed by atoms with Crippen LogP contribution in [0.15, 0.2) is 12.1 Å². The molecular weight excluding hydrogens is 221 g/mol. The monoisotopic (exact) mass is 229 g/mol. The van der Waals surface area contributed by atoms with Crippen molar-refractivity contribution in [2.75, 3.05) is 15.7 Å². The van der Waals surface area contributed by atoms with Gasteiger partial charge in [-0.25, -0.2) is 0 Å². The molecule has 0 amide bonds. The van der Waals surface area contributed by atoms with E-state index in [2.05, 4.69) is 0 Å². The molecule has 16 heavy (non-hydrogen) atoms. The number of hydrogen-bond acceptors (Lipinski definition) is 9. The first kappa shape index (κ1) is 12.5. The second-order valence-corrected chi connectivity index (χ2v) is 2.77. The summed E-state index contributed by atoms with van der Waals surface area (Å²) < 4.78 is 0. The van der Waals surface area contributed by atoms with E-state index < -0.39 is 27.3 Å². The highest BCUT2D eigenvalue weighted by Gasteiger charge is 2.15. The topological polar surface area (TPSA) is 131 Å². The first-order chi connectivity index (χ1) is 7.34.